The second kappa shape index (κ2) is 10.1. The highest BCUT2D eigenvalue weighted by Gasteiger charge is 2.27. The van der Waals surface area contributed by atoms with E-state index >= 15 is 0 Å². The Morgan fingerprint density at radius 2 is 1.46 bits per heavy atom. The lowest BCUT2D eigenvalue weighted by Gasteiger charge is -2.35. The van der Waals surface area contributed by atoms with E-state index in [-0.39, 0.29) is 10.8 Å². The predicted molar refractivity (Wildman–Crippen MR) is 132 cm³/mol. The number of hydrogen-bond donors (Lipinski definition) is 0. The van der Waals surface area contributed by atoms with Gasteiger partial charge >= 0.3 is 0 Å². The fourth-order valence-corrected chi connectivity index (χ4v) is 5.69. The van der Waals surface area contributed by atoms with Crippen LogP contribution in [0.4, 0.5) is 5.82 Å². The van der Waals surface area contributed by atoms with E-state index in [1.54, 1.807) is 17.0 Å². The molecule has 3 heterocycles. The highest BCUT2D eigenvalue weighted by atomic mass is 32.2. The van der Waals surface area contributed by atoms with Gasteiger partial charge in [-0.1, -0.05) is 30.3 Å². The largest absolute Gasteiger partial charge is 0.379 e. The molecule has 35 heavy (non-hydrogen) atoms. The second-order valence-corrected chi connectivity index (χ2v) is 10.4. The van der Waals surface area contributed by atoms with Gasteiger partial charge in [-0.05, 0) is 36.4 Å². The van der Waals surface area contributed by atoms with Crippen molar-refractivity contribution in [3.8, 4) is 11.3 Å². The van der Waals surface area contributed by atoms with Gasteiger partial charge < -0.3 is 14.5 Å². The fraction of sp³-hybridized carbons (Fsp3) is 0.320. The Labute approximate surface area is 205 Å². The highest BCUT2D eigenvalue weighted by Crippen LogP contribution is 2.21. The van der Waals surface area contributed by atoms with E-state index in [9.17, 15) is 13.2 Å². The first kappa shape index (κ1) is 23.4. The summed E-state index contributed by atoms with van der Waals surface area (Å²) < 4.78 is 32.3. The van der Waals surface area contributed by atoms with Crippen molar-refractivity contribution in [3.05, 3.63) is 72.3 Å². The number of anilines is 1. The van der Waals surface area contributed by atoms with Crippen molar-refractivity contribution >= 4 is 21.7 Å². The molecule has 1 aromatic heterocycles. The zero-order valence-corrected chi connectivity index (χ0v) is 20.1. The maximum atomic E-state index is 13.0. The lowest BCUT2D eigenvalue weighted by atomic mass is 10.1. The quantitative estimate of drug-likeness (QED) is 0.537. The molecule has 2 aliphatic rings. The normalized spacial score (nSPS) is 17.4. The first-order valence-electron chi connectivity index (χ1n) is 11.6. The average molecular weight is 494 g/mol. The van der Waals surface area contributed by atoms with Gasteiger partial charge in [0.05, 0.1) is 23.8 Å². The van der Waals surface area contributed by atoms with E-state index in [4.69, 9.17) is 4.74 Å². The average Bonchev–Trinajstić information content (AvgIpc) is 2.94. The van der Waals surface area contributed by atoms with E-state index in [1.807, 2.05) is 42.5 Å². The molecule has 2 fully saturated rings. The molecular weight excluding hydrogens is 466 g/mol. The molecule has 0 saturated carbocycles. The maximum absolute atomic E-state index is 13.0. The minimum Gasteiger partial charge on any atom is -0.379 e. The highest BCUT2D eigenvalue weighted by molar-refractivity contribution is 7.89. The van der Waals surface area contributed by atoms with Gasteiger partial charge in [0.1, 0.15) is 0 Å². The molecule has 0 atom stereocenters. The number of carbonyl (C=O) groups excluding carboxylic acids is 1. The van der Waals surface area contributed by atoms with Crippen LogP contribution in [0.1, 0.15) is 10.4 Å². The van der Waals surface area contributed by atoms with Crippen LogP contribution < -0.4 is 4.90 Å². The molecule has 2 aromatic carbocycles. The number of hydrogen-bond acceptors (Lipinski definition) is 7. The van der Waals surface area contributed by atoms with Gasteiger partial charge in [0.2, 0.25) is 10.0 Å². The Kier molecular flexibility index (Phi) is 6.76. The number of amides is 1. The number of carbonyl (C=O) groups is 1. The molecule has 0 spiro atoms. The van der Waals surface area contributed by atoms with Crippen LogP contribution in [0.3, 0.4) is 0 Å². The maximum Gasteiger partial charge on any atom is 0.253 e. The number of benzene rings is 2. The van der Waals surface area contributed by atoms with Crippen LogP contribution >= 0.6 is 0 Å². The molecule has 0 unspecified atom stereocenters. The lowest BCUT2D eigenvalue weighted by Crippen LogP contribution is -2.49. The van der Waals surface area contributed by atoms with Crippen molar-refractivity contribution in [1.29, 1.82) is 0 Å². The third kappa shape index (κ3) is 5.04. The summed E-state index contributed by atoms with van der Waals surface area (Å²) in [5.74, 6) is 0.680. The molecule has 0 aliphatic carbocycles. The van der Waals surface area contributed by atoms with Gasteiger partial charge in [0, 0.05) is 50.4 Å². The molecule has 2 aliphatic heterocycles. The molecular formula is C25H27N5O4S. The van der Waals surface area contributed by atoms with Crippen LogP contribution in [-0.2, 0) is 14.8 Å². The van der Waals surface area contributed by atoms with Crippen molar-refractivity contribution in [2.45, 2.75) is 4.90 Å². The zero-order valence-electron chi connectivity index (χ0n) is 19.3. The van der Waals surface area contributed by atoms with E-state index < -0.39 is 10.0 Å². The molecule has 2 saturated heterocycles. The number of aromatic nitrogens is 2. The molecule has 9 nitrogen and oxygen atoms in total. The standard InChI is InChI=1S/C25H27N5O4S/c31-25(21-6-8-22(9-7-21)35(32,33)30-16-18-34-19-17-30)29-14-12-28(13-15-29)24-11-10-23(26-27-24)20-4-2-1-3-5-20/h1-11H,12-19H2. The Hall–Kier alpha value is -3.34. The van der Waals surface area contributed by atoms with Gasteiger partial charge in [0.15, 0.2) is 5.82 Å². The summed E-state index contributed by atoms with van der Waals surface area (Å²) in [5.41, 5.74) is 2.32. The van der Waals surface area contributed by atoms with Gasteiger partial charge in [-0.3, -0.25) is 4.79 Å². The summed E-state index contributed by atoms with van der Waals surface area (Å²) >= 11 is 0. The topological polar surface area (TPSA) is 95.9 Å². The monoisotopic (exact) mass is 493 g/mol. The van der Waals surface area contributed by atoms with Crippen molar-refractivity contribution in [2.75, 3.05) is 57.4 Å². The van der Waals surface area contributed by atoms with Crippen molar-refractivity contribution < 1.29 is 17.9 Å². The van der Waals surface area contributed by atoms with Gasteiger partial charge in [-0.25, -0.2) is 8.42 Å². The number of ether oxygens (including phenoxy) is 1. The van der Waals surface area contributed by atoms with E-state index in [1.165, 1.54) is 16.4 Å². The van der Waals surface area contributed by atoms with Crippen LogP contribution in [0, 0.1) is 0 Å². The van der Waals surface area contributed by atoms with Crippen LogP contribution in [0.5, 0.6) is 0 Å². The number of rotatable bonds is 5. The Morgan fingerprint density at radius 3 is 2.09 bits per heavy atom. The summed E-state index contributed by atoms with van der Waals surface area (Å²) in [5, 5.41) is 8.74. The summed E-state index contributed by atoms with van der Waals surface area (Å²) in [7, 11) is -3.58. The molecule has 10 heteroatoms. The fourth-order valence-electron chi connectivity index (χ4n) is 4.28. The van der Waals surface area contributed by atoms with Crippen molar-refractivity contribution in [1.82, 2.24) is 19.4 Å². The number of nitrogens with zero attached hydrogens (tertiary/aromatic N) is 5. The second-order valence-electron chi connectivity index (χ2n) is 8.46. The summed E-state index contributed by atoms with van der Waals surface area (Å²) in [6, 6.07) is 20.0. The lowest BCUT2D eigenvalue weighted by molar-refractivity contribution is 0.0730. The molecule has 182 valence electrons. The SMILES string of the molecule is O=C(c1ccc(S(=O)(=O)N2CCOCC2)cc1)N1CCN(c2ccc(-c3ccccc3)nn2)CC1. The van der Waals surface area contributed by atoms with Crippen molar-refractivity contribution in [3.63, 3.8) is 0 Å². The molecule has 0 radical (unpaired) electrons. The minimum absolute atomic E-state index is 0.106. The third-order valence-electron chi connectivity index (χ3n) is 6.32. The van der Waals surface area contributed by atoms with Crippen LogP contribution in [0.25, 0.3) is 11.3 Å². The smallest absolute Gasteiger partial charge is 0.253 e. The van der Waals surface area contributed by atoms with Crippen LogP contribution in [0.15, 0.2) is 71.6 Å². The first-order chi connectivity index (χ1) is 17.0. The summed E-state index contributed by atoms with van der Waals surface area (Å²) in [6.07, 6.45) is 0. The van der Waals surface area contributed by atoms with Crippen LogP contribution in [0.2, 0.25) is 0 Å². The van der Waals surface area contributed by atoms with Gasteiger partial charge in [-0.2, -0.15) is 4.31 Å². The van der Waals surface area contributed by atoms with E-state index in [2.05, 4.69) is 15.1 Å². The molecule has 1 amide bonds. The van der Waals surface area contributed by atoms with Crippen molar-refractivity contribution in [2.24, 2.45) is 0 Å². The zero-order chi connectivity index (χ0) is 24.3. The Bertz CT molecular complexity index is 1250. The van der Waals surface area contributed by atoms with E-state index in [0.29, 0.717) is 58.0 Å². The molecule has 0 bridgehead atoms. The molecule has 0 N–H and O–H groups in total. The summed E-state index contributed by atoms with van der Waals surface area (Å²) in [4.78, 5) is 17.1. The predicted octanol–water partition coefficient (Wildman–Crippen LogP) is 2.13. The van der Waals surface area contributed by atoms with E-state index in [0.717, 1.165) is 17.1 Å². The number of sulfonamides is 1. The van der Waals surface area contributed by atoms with Crippen LogP contribution in [-0.4, -0.2) is 86.2 Å². The molecule has 5 rings (SSSR count). The minimum atomic E-state index is -3.58. The third-order valence-corrected chi connectivity index (χ3v) is 8.23. The first-order valence-corrected chi connectivity index (χ1v) is 13.1. The number of morpholine rings is 1. The van der Waals surface area contributed by atoms with Gasteiger partial charge in [0.25, 0.3) is 5.91 Å². The molecule has 3 aromatic rings. The Morgan fingerprint density at radius 1 is 0.771 bits per heavy atom. The number of piperazine rings is 1. The Balaban J connectivity index is 1.19. The van der Waals surface area contributed by atoms with Gasteiger partial charge in [-0.15, -0.1) is 10.2 Å². The summed E-state index contributed by atoms with van der Waals surface area (Å²) in [6.45, 7) is 3.86.